The predicted octanol–water partition coefficient (Wildman–Crippen LogP) is 15.2. The Morgan fingerprint density at radius 1 is 0.474 bits per heavy atom. The second-order valence-corrected chi connectivity index (χ2v) is 19.5. The molecule has 6 aliphatic carbocycles. The van der Waals surface area contributed by atoms with Crippen LogP contribution in [0.3, 0.4) is 0 Å². The van der Waals surface area contributed by atoms with Crippen molar-refractivity contribution in [2.24, 2.45) is 23.7 Å². The normalized spacial score (nSPS) is 24.2. The number of rotatable bonds is 4. The van der Waals surface area contributed by atoms with Gasteiger partial charge in [-0.3, -0.25) is 0 Å². The van der Waals surface area contributed by atoms with Crippen molar-refractivity contribution in [3.8, 4) is 33.4 Å². The number of anilines is 3. The SMILES string of the molecule is CC1(C)c2ccccc2-c2cccc(-c3ccccc3N(c3ccc4c(c3)C3(c5ccccc5-4)C4CC5CC(C4)CC3C5)c3cccc4c3sc3ccccc34)c21. The van der Waals surface area contributed by atoms with Crippen molar-refractivity contribution in [2.45, 2.75) is 56.8 Å². The lowest BCUT2D eigenvalue weighted by Crippen LogP contribution is -2.55. The first-order valence-corrected chi connectivity index (χ1v) is 22.1. The van der Waals surface area contributed by atoms with Gasteiger partial charge in [0.1, 0.15) is 0 Å². The van der Waals surface area contributed by atoms with E-state index in [1.807, 2.05) is 11.3 Å². The van der Waals surface area contributed by atoms with Crippen molar-refractivity contribution in [3.05, 3.63) is 174 Å². The van der Waals surface area contributed by atoms with Crippen molar-refractivity contribution in [3.63, 3.8) is 0 Å². The van der Waals surface area contributed by atoms with Crippen molar-refractivity contribution in [1.29, 1.82) is 0 Å². The standard InChI is InChI=1S/C55H45NS/c1-54(2)46-20-7-3-14-39(46)43-17-11-18-44(52(43)54)41-15-5-9-22-49(41)56(50-23-12-19-45-42-16-6-10-24-51(42)57-53(45)50)37-25-26-40-38-13-4-8-21-47(38)55(48(40)32-37)35-28-33-27-34(30-35)31-36(55)29-33/h3-26,32-36H,27-31H2,1-2H3. The van der Waals surface area contributed by atoms with Gasteiger partial charge in [-0.2, -0.15) is 0 Å². The highest BCUT2D eigenvalue weighted by Crippen LogP contribution is 2.70. The van der Waals surface area contributed by atoms with Crippen LogP contribution < -0.4 is 4.90 Å². The largest absolute Gasteiger partial charge is 0.308 e. The van der Waals surface area contributed by atoms with E-state index in [1.165, 1.54) is 114 Å². The molecule has 0 aliphatic heterocycles. The summed E-state index contributed by atoms with van der Waals surface area (Å²) in [7, 11) is 0. The van der Waals surface area contributed by atoms with Gasteiger partial charge >= 0.3 is 0 Å². The van der Waals surface area contributed by atoms with Gasteiger partial charge in [-0.15, -0.1) is 11.3 Å². The van der Waals surface area contributed by atoms with Crippen molar-refractivity contribution in [1.82, 2.24) is 0 Å². The van der Waals surface area contributed by atoms with Gasteiger partial charge in [0.05, 0.1) is 16.1 Å². The second kappa shape index (κ2) is 11.6. The van der Waals surface area contributed by atoms with Crippen LogP contribution in [-0.2, 0) is 10.8 Å². The molecule has 6 aliphatic rings. The molecule has 0 atom stereocenters. The average molecular weight is 752 g/mol. The highest BCUT2D eigenvalue weighted by Gasteiger charge is 2.61. The zero-order valence-corrected chi connectivity index (χ0v) is 33.5. The smallest absolute Gasteiger partial charge is 0.0640 e. The first-order valence-electron chi connectivity index (χ1n) is 21.3. The number of thiophene rings is 1. The molecule has 276 valence electrons. The molecule has 1 heterocycles. The third-order valence-electron chi connectivity index (χ3n) is 15.4. The van der Waals surface area contributed by atoms with E-state index in [1.54, 1.807) is 11.1 Å². The van der Waals surface area contributed by atoms with Gasteiger partial charge in [-0.1, -0.05) is 135 Å². The Kier molecular flexibility index (Phi) is 6.63. The third kappa shape index (κ3) is 4.25. The summed E-state index contributed by atoms with van der Waals surface area (Å²) in [6.45, 7) is 4.84. The summed E-state index contributed by atoms with van der Waals surface area (Å²) in [4.78, 5) is 2.65. The number of para-hydroxylation sites is 1. The summed E-state index contributed by atoms with van der Waals surface area (Å²) in [5, 5.41) is 2.67. The summed E-state index contributed by atoms with van der Waals surface area (Å²) < 4.78 is 2.68. The Morgan fingerprint density at radius 3 is 1.82 bits per heavy atom. The number of hydrogen-bond donors (Lipinski definition) is 0. The van der Waals surface area contributed by atoms with E-state index in [2.05, 4.69) is 170 Å². The molecule has 4 fully saturated rings. The quantitative estimate of drug-likeness (QED) is 0.173. The lowest BCUT2D eigenvalue weighted by molar-refractivity contribution is -0.0399. The van der Waals surface area contributed by atoms with Crippen LogP contribution in [0, 0.1) is 23.7 Å². The van der Waals surface area contributed by atoms with Crippen molar-refractivity contribution >= 4 is 48.6 Å². The van der Waals surface area contributed by atoms with Crippen LogP contribution in [0.25, 0.3) is 53.6 Å². The predicted molar refractivity (Wildman–Crippen MR) is 240 cm³/mol. The molecular formula is C55H45NS. The van der Waals surface area contributed by atoms with Gasteiger partial charge in [-0.25, -0.2) is 0 Å². The fourth-order valence-electron chi connectivity index (χ4n) is 13.6. The monoisotopic (exact) mass is 751 g/mol. The molecule has 1 aromatic heterocycles. The topological polar surface area (TPSA) is 3.24 Å². The van der Waals surface area contributed by atoms with E-state index in [9.17, 15) is 0 Å². The van der Waals surface area contributed by atoms with Gasteiger partial charge in [0.2, 0.25) is 0 Å². The molecule has 4 saturated carbocycles. The number of nitrogens with zero attached hydrogens (tertiary/aromatic N) is 1. The maximum atomic E-state index is 2.68. The Hall–Kier alpha value is -5.44. The molecule has 0 radical (unpaired) electrons. The van der Waals surface area contributed by atoms with Crippen molar-refractivity contribution in [2.75, 3.05) is 4.90 Å². The Labute approximate surface area is 339 Å². The Bertz CT molecular complexity index is 2950. The number of fused-ring (bicyclic) bond motifs is 9. The van der Waals surface area contributed by atoms with Crippen LogP contribution >= 0.6 is 11.3 Å². The molecule has 0 N–H and O–H groups in total. The lowest BCUT2D eigenvalue weighted by atomic mass is 9.43. The molecule has 0 amide bonds. The number of benzene rings is 7. The van der Waals surface area contributed by atoms with Crippen LogP contribution in [0.1, 0.15) is 68.2 Å². The van der Waals surface area contributed by atoms with E-state index in [4.69, 9.17) is 0 Å². The minimum Gasteiger partial charge on any atom is -0.308 e. The summed E-state index contributed by atoms with van der Waals surface area (Å²) in [6.07, 6.45) is 7.00. The molecule has 2 heteroatoms. The third-order valence-corrected chi connectivity index (χ3v) is 16.6. The lowest BCUT2D eigenvalue weighted by Gasteiger charge is -2.61. The first-order chi connectivity index (χ1) is 28.0. The van der Waals surface area contributed by atoms with E-state index >= 15 is 0 Å². The van der Waals surface area contributed by atoms with Crippen LogP contribution in [0.5, 0.6) is 0 Å². The highest BCUT2D eigenvalue weighted by molar-refractivity contribution is 7.26. The fourth-order valence-corrected chi connectivity index (χ4v) is 14.8. The molecule has 7 aromatic carbocycles. The average Bonchev–Trinajstić information content (AvgIpc) is 3.85. The molecule has 1 nitrogen and oxygen atoms in total. The van der Waals surface area contributed by atoms with Crippen LogP contribution in [-0.4, -0.2) is 0 Å². The van der Waals surface area contributed by atoms with Crippen LogP contribution in [0.15, 0.2) is 152 Å². The van der Waals surface area contributed by atoms with Gasteiger partial charge in [-0.05, 0) is 136 Å². The molecular weight excluding hydrogens is 707 g/mol. The zero-order valence-electron chi connectivity index (χ0n) is 32.6. The van der Waals surface area contributed by atoms with E-state index in [-0.39, 0.29) is 10.8 Å². The highest BCUT2D eigenvalue weighted by atomic mass is 32.1. The molecule has 4 bridgehead atoms. The van der Waals surface area contributed by atoms with Gasteiger partial charge in [0, 0.05) is 37.6 Å². The zero-order chi connectivity index (χ0) is 37.6. The molecule has 1 spiro atoms. The minimum atomic E-state index is -0.128. The van der Waals surface area contributed by atoms with Gasteiger partial charge < -0.3 is 4.90 Å². The van der Waals surface area contributed by atoms with Crippen molar-refractivity contribution < 1.29 is 0 Å². The molecule has 14 rings (SSSR count). The van der Waals surface area contributed by atoms with Crippen LogP contribution in [0.4, 0.5) is 17.1 Å². The Morgan fingerprint density at radius 2 is 1.04 bits per heavy atom. The van der Waals surface area contributed by atoms with E-state index in [0.717, 1.165) is 11.8 Å². The molecule has 8 aromatic rings. The maximum Gasteiger partial charge on any atom is 0.0640 e. The van der Waals surface area contributed by atoms with Gasteiger partial charge in [0.15, 0.2) is 0 Å². The summed E-state index contributed by atoms with van der Waals surface area (Å²) >= 11 is 1.93. The van der Waals surface area contributed by atoms with Gasteiger partial charge in [0.25, 0.3) is 0 Å². The first kappa shape index (κ1) is 32.6. The van der Waals surface area contributed by atoms with E-state index in [0.29, 0.717) is 11.8 Å². The molecule has 0 saturated heterocycles. The second-order valence-electron chi connectivity index (χ2n) is 18.5. The van der Waals surface area contributed by atoms with E-state index < -0.39 is 0 Å². The maximum absolute atomic E-state index is 2.68. The Balaban J connectivity index is 1.08. The number of hydrogen-bond acceptors (Lipinski definition) is 2. The van der Waals surface area contributed by atoms with Crippen LogP contribution in [0.2, 0.25) is 0 Å². The summed E-state index contributed by atoms with van der Waals surface area (Å²) in [6, 6.07) is 58.4. The molecule has 0 unspecified atom stereocenters. The summed E-state index contributed by atoms with van der Waals surface area (Å²) in [5.41, 5.74) is 18.1. The fraction of sp³-hybridized carbons (Fsp3) is 0.236. The molecule has 57 heavy (non-hydrogen) atoms. The summed E-state index contributed by atoms with van der Waals surface area (Å²) in [5.74, 6) is 3.26. The minimum absolute atomic E-state index is 0.0974.